The molecule has 1 N–H and O–H groups in total. The van der Waals surface area contributed by atoms with Crippen molar-refractivity contribution in [1.29, 1.82) is 0 Å². The summed E-state index contributed by atoms with van der Waals surface area (Å²) in [5.74, 6) is 0. The van der Waals surface area contributed by atoms with Gasteiger partial charge in [-0.2, -0.15) is 3.89 Å². The van der Waals surface area contributed by atoms with Crippen LogP contribution in [0.1, 0.15) is 19.4 Å². The largest absolute Gasteiger partial charge is 0.361 e. The van der Waals surface area contributed by atoms with E-state index in [1.807, 2.05) is 38.1 Å². The summed E-state index contributed by atoms with van der Waals surface area (Å²) in [5.41, 5.74) is 1.84. The van der Waals surface area contributed by atoms with Crippen LogP contribution >= 0.6 is 12.1 Å². The molecule has 1 aromatic carbocycles. The molecular formula is C13H17FN2S. The molecule has 4 heteroatoms. The number of allylic oxidation sites excluding steroid dienone is 1. The van der Waals surface area contributed by atoms with Gasteiger partial charge in [-0.15, -0.1) is 0 Å². The Morgan fingerprint density at radius 2 is 2.06 bits per heavy atom. The first kappa shape index (κ1) is 13.8. The highest BCUT2D eigenvalue weighted by atomic mass is 32.2. The first-order valence-electron chi connectivity index (χ1n) is 5.35. The van der Waals surface area contributed by atoms with Crippen molar-refractivity contribution in [1.82, 2.24) is 0 Å². The average Bonchev–Trinajstić information content (AvgIpc) is 2.35. The third kappa shape index (κ3) is 3.89. The number of nitrogens with zero attached hydrogens (tertiary/aromatic N) is 1. The smallest absolute Gasteiger partial charge is 0.0687 e. The summed E-state index contributed by atoms with van der Waals surface area (Å²) < 4.78 is 12.4. The molecule has 0 aliphatic heterocycles. The molecule has 0 saturated heterocycles. The van der Waals surface area contributed by atoms with Crippen LogP contribution in [-0.2, 0) is 4.75 Å². The summed E-state index contributed by atoms with van der Waals surface area (Å²) in [6.45, 7) is 3.71. The second-order valence-corrected chi connectivity index (χ2v) is 5.22. The van der Waals surface area contributed by atoms with Gasteiger partial charge in [-0.1, -0.05) is 18.2 Å². The Morgan fingerprint density at radius 3 is 2.71 bits per heavy atom. The molecule has 0 bridgehead atoms. The molecule has 1 rings (SSSR count). The van der Waals surface area contributed by atoms with Gasteiger partial charge in [0.1, 0.15) is 0 Å². The summed E-state index contributed by atoms with van der Waals surface area (Å²) in [5, 5.41) is 3.14. The topological polar surface area (TPSA) is 24.4 Å². The van der Waals surface area contributed by atoms with E-state index in [2.05, 4.69) is 10.3 Å². The summed E-state index contributed by atoms with van der Waals surface area (Å²) in [6.07, 6.45) is 5.27. The van der Waals surface area contributed by atoms with E-state index in [1.54, 1.807) is 25.5 Å². The highest BCUT2D eigenvalue weighted by Gasteiger charge is 2.24. The van der Waals surface area contributed by atoms with Gasteiger partial charge in [-0.05, 0) is 31.6 Å². The molecule has 17 heavy (non-hydrogen) atoms. The van der Waals surface area contributed by atoms with Gasteiger partial charge >= 0.3 is 0 Å². The maximum atomic E-state index is 12.9. The number of hydrogen-bond donors (Lipinski definition) is 1. The molecule has 0 saturated carbocycles. The van der Waals surface area contributed by atoms with Crippen LogP contribution in [0.4, 0.5) is 9.57 Å². The molecule has 0 aliphatic carbocycles. The van der Waals surface area contributed by atoms with Crippen molar-refractivity contribution < 1.29 is 3.89 Å². The van der Waals surface area contributed by atoms with Crippen molar-refractivity contribution in [3.05, 3.63) is 42.1 Å². The fraction of sp³-hybridized carbons (Fsp3) is 0.308. The highest BCUT2D eigenvalue weighted by molar-refractivity contribution is 7.95. The Hall–Kier alpha value is -1.29. The van der Waals surface area contributed by atoms with Crippen LogP contribution in [0.15, 0.2) is 41.5 Å². The number of halogens is 1. The molecule has 0 aromatic heterocycles. The Morgan fingerprint density at radius 1 is 1.35 bits per heavy atom. The van der Waals surface area contributed by atoms with Gasteiger partial charge in [0.05, 0.1) is 16.9 Å². The number of aliphatic imine (C=N–C) groups is 1. The van der Waals surface area contributed by atoms with Gasteiger partial charge in [-0.3, -0.25) is 4.99 Å². The van der Waals surface area contributed by atoms with Crippen molar-refractivity contribution in [3.63, 3.8) is 0 Å². The van der Waals surface area contributed by atoms with Gasteiger partial charge in [0.15, 0.2) is 0 Å². The van der Waals surface area contributed by atoms with Crippen molar-refractivity contribution in [2.75, 3.05) is 12.4 Å². The SMILES string of the molecule is CN=C/C=C\Nc1ccccc1C(C)(C)SF. The number of nitrogens with one attached hydrogen (secondary N) is 1. The lowest BCUT2D eigenvalue weighted by atomic mass is 10.0. The average molecular weight is 252 g/mol. The number of rotatable bonds is 5. The first-order chi connectivity index (χ1) is 8.11. The molecule has 0 radical (unpaired) electrons. The summed E-state index contributed by atoms with van der Waals surface area (Å²) in [4.78, 5) is 3.84. The van der Waals surface area contributed by atoms with E-state index in [9.17, 15) is 3.89 Å². The maximum Gasteiger partial charge on any atom is 0.0687 e. The second-order valence-electron chi connectivity index (χ2n) is 4.04. The number of benzene rings is 1. The van der Waals surface area contributed by atoms with Crippen LogP contribution < -0.4 is 5.32 Å². The molecule has 0 aliphatic rings. The molecular weight excluding hydrogens is 235 g/mol. The molecule has 92 valence electrons. The highest BCUT2D eigenvalue weighted by Crippen LogP contribution is 2.39. The third-order valence-corrected chi connectivity index (χ3v) is 2.94. The number of hydrogen-bond acceptors (Lipinski definition) is 3. The lowest BCUT2D eigenvalue weighted by molar-refractivity contribution is 0.744. The van der Waals surface area contributed by atoms with Crippen LogP contribution in [0.25, 0.3) is 0 Å². The molecule has 0 atom stereocenters. The van der Waals surface area contributed by atoms with E-state index in [0.29, 0.717) is 12.1 Å². The number of anilines is 1. The van der Waals surface area contributed by atoms with Gasteiger partial charge in [-0.25, -0.2) is 0 Å². The molecule has 1 aromatic rings. The van der Waals surface area contributed by atoms with E-state index < -0.39 is 4.75 Å². The zero-order chi connectivity index (χ0) is 12.7. The maximum absolute atomic E-state index is 12.9. The van der Waals surface area contributed by atoms with Crippen LogP contribution in [0.3, 0.4) is 0 Å². The molecule has 0 heterocycles. The normalized spacial score (nSPS) is 12.5. The van der Waals surface area contributed by atoms with Gasteiger partial charge < -0.3 is 5.32 Å². The van der Waals surface area contributed by atoms with Crippen molar-refractivity contribution in [3.8, 4) is 0 Å². The van der Waals surface area contributed by atoms with Gasteiger partial charge in [0.25, 0.3) is 0 Å². The second kappa shape index (κ2) is 6.45. The zero-order valence-electron chi connectivity index (χ0n) is 10.3. The number of para-hydroxylation sites is 1. The van der Waals surface area contributed by atoms with Crippen LogP contribution in [0, 0.1) is 0 Å². The van der Waals surface area contributed by atoms with Crippen LogP contribution in [-0.4, -0.2) is 13.3 Å². The molecule has 0 spiro atoms. The fourth-order valence-electron chi connectivity index (χ4n) is 1.44. The molecule has 2 nitrogen and oxygen atoms in total. The summed E-state index contributed by atoms with van der Waals surface area (Å²) >= 11 is 0.348. The minimum atomic E-state index is -0.559. The van der Waals surface area contributed by atoms with Crippen LogP contribution in [0.5, 0.6) is 0 Å². The van der Waals surface area contributed by atoms with Crippen molar-refractivity contribution >= 4 is 24.0 Å². The Bertz CT molecular complexity index is 414. The van der Waals surface area contributed by atoms with Crippen molar-refractivity contribution in [2.45, 2.75) is 18.6 Å². The van der Waals surface area contributed by atoms with Crippen molar-refractivity contribution in [2.24, 2.45) is 4.99 Å². The molecule has 0 fully saturated rings. The Labute approximate surface area is 106 Å². The predicted molar refractivity (Wildman–Crippen MR) is 75.3 cm³/mol. The van der Waals surface area contributed by atoms with E-state index >= 15 is 0 Å². The third-order valence-electron chi connectivity index (χ3n) is 2.34. The quantitative estimate of drug-likeness (QED) is 0.795. The van der Waals surface area contributed by atoms with Gasteiger partial charge in [0, 0.05) is 25.1 Å². The molecule has 0 unspecified atom stereocenters. The summed E-state index contributed by atoms with van der Waals surface area (Å²) in [6, 6.07) is 7.69. The van der Waals surface area contributed by atoms with E-state index in [0.717, 1.165) is 11.3 Å². The minimum Gasteiger partial charge on any atom is -0.361 e. The Balaban J connectivity index is 2.92. The minimum absolute atomic E-state index is 0.348. The van der Waals surface area contributed by atoms with E-state index in [1.165, 1.54) is 0 Å². The van der Waals surface area contributed by atoms with E-state index in [4.69, 9.17) is 0 Å². The first-order valence-corrected chi connectivity index (χ1v) is 6.06. The standard InChI is InChI=1S/C13H17FN2S/c1-13(2,17-14)11-7-4-5-8-12(11)16-10-6-9-15-3/h4-10,16H,1-3H3/b10-6-,15-9?. The predicted octanol–water partition coefficient (Wildman–Crippen LogP) is 4.17. The van der Waals surface area contributed by atoms with Gasteiger partial charge in [0.2, 0.25) is 0 Å². The molecule has 0 amide bonds. The summed E-state index contributed by atoms with van der Waals surface area (Å²) in [7, 11) is 1.71. The van der Waals surface area contributed by atoms with Crippen LogP contribution in [0.2, 0.25) is 0 Å². The lowest BCUT2D eigenvalue weighted by Crippen LogP contribution is -2.12. The Kier molecular flexibility index (Phi) is 5.22. The van der Waals surface area contributed by atoms with E-state index in [-0.39, 0.29) is 0 Å². The monoisotopic (exact) mass is 252 g/mol. The fourth-order valence-corrected chi connectivity index (χ4v) is 1.70. The zero-order valence-corrected chi connectivity index (χ0v) is 11.1. The lowest BCUT2D eigenvalue weighted by Gasteiger charge is -2.22.